The Bertz CT molecular complexity index is 727. The summed E-state index contributed by atoms with van der Waals surface area (Å²) in [5.41, 5.74) is 5.05. The van der Waals surface area contributed by atoms with Crippen molar-refractivity contribution in [3.05, 3.63) is 40.5 Å². The fraction of sp³-hybridized carbons (Fsp3) is 0.111. The first-order valence-electron chi connectivity index (χ1n) is 5.28. The molecular weight excluding hydrogens is 288 g/mol. The summed E-state index contributed by atoms with van der Waals surface area (Å²) in [6.07, 6.45) is 1.24. The van der Waals surface area contributed by atoms with Crippen LogP contribution >= 0.6 is 0 Å². The molecule has 1 heterocycles. The van der Waals surface area contributed by atoms with Crippen LogP contribution in [-0.4, -0.2) is 28.5 Å². The lowest BCUT2D eigenvalue weighted by Crippen LogP contribution is -2.24. The highest BCUT2D eigenvalue weighted by Crippen LogP contribution is 2.23. The number of aromatic nitrogens is 3. The summed E-state index contributed by atoms with van der Waals surface area (Å²) < 4.78 is 26.3. The summed E-state index contributed by atoms with van der Waals surface area (Å²) in [4.78, 5) is 13.4. The van der Waals surface area contributed by atoms with Crippen LogP contribution in [0.2, 0.25) is 0 Å². The van der Waals surface area contributed by atoms with E-state index in [4.69, 9.17) is 5.73 Å². The van der Waals surface area contributed by atoms with E-state index in [0.29, 0.717) is 5.82 Å². The van der Waals surface area contributed by atoms with Crippen LogP contribution in [0.1, 0.15) is 5.82 Å². The molecule has 0 saturated carbocycles. The monoisotopic (exact) mass is 298 g/mol. The van der Waals surface area contributed by atoms with E-state index in [0.717, 1.165) is 18.2 Å². The van der Waals surface area contributed by atoms with E-state index in [2.05, 4.69) is 19.9 Å². The van der Waals surface area contributed by atoms with Crippen LogP contribution in [-0.2, 0) is 16.6 Å². The molecule has 2 rings (SSSR count). The van der Waals surface area contributed by atoms with Crippen molar-refractivity contribution in [1.82, 2.24) is 19.9 Å². The molecule has 1 aromatic heterocycles. The van der Waals surface area contributed by atoms with Gasteiger partial charge < -0.3 is 5.73 Å². The molecule has 0 atom stereocenters. The molecule has 0 aliphatic heterocycles. The Morgan fingerprint density at radius 3 is 2.75 bits per heavy atom. The van der Waals surface area contributed by atoms with Crippen molar-refractivity contribution in [2.24, 2.45) is 0 Å². The first-order valence-corrected chi connectivity index (χ1v) is 6.76. The molecule has 0 amide bonds. The average Bonchev–Trinajstić information content (AvgIpc) is 2.89. The van der Waals surface area contributed by atoms with Crippen molar-refractivity contribution in [1.29, 1.82) is 0 Å². The second kappa shape index (κ2) is 5.22. The molecule has 11 heteroatoms. The maximum Gasteiger partial charge on any atom is 0.271 e. The minimum absolute atomic E-state index is 0.0985. The number of non-ortho nitro benzene ring substituents is 1. The van der Waals surface area contributed by atoms with Gasteiger partial charge in [0, 0.05) is 12.1 Å². The van der Waals surface area contributed by atoms with Gasteiger partial charge in [0.25, 0.3) is 5.69 Å². The molecule has 2 aromatic rings. The second-order valence-electron chi connectivity index (χ2n) is 3.74. The summed E-state index contributed by atoms with van der Waals surface area (Å²) in [5, 5.41) is 16.6. The third-order valence-corrected chi connectivity index (χ3v) is 3.86. The molecule has 0 spiro atoms. The Morgan fingerprint density at radius 2 is 2.20 bits per heavy atom. The number of hydrogen-bond donors (Lipinski definition) is 3. The summed E-state index contributed by atoms with van der Waals surface area (Å²) in [7, 11) is -3.89. The summed E-state index contributed by atoms with van der Waals surface area (Å²) in [6.45, 7) is -0.0985. The van der Waals surface area contributed by atoms with Crippen molar-refractivity contribution < 1.29 is 13.3 Å². The number of nitrogens with one attached hydrogen (secondary N) is 2. The number of nitro benzene ring substituents is 1. The van der Waals surface area contributed by atoms with Gasteiger partial charge in [-0.1, -0.05) is 0 Å². The Labute approximate surface area is 113 Å². The molecule has 0 saturated heterocycles. The first-order chi connectivity index (χ1) is 9.40. The number of rotatable bonds is 5. The number of nitro groups is 1. The maximum atomic E-state index is 12.0. The van der Waals surface area contributed by atoms with Crippen molar-refractivity contribution in [2.45, 2.75) is 11.4 Å². The van der Waals surface area contributed by atoms with Gasteiger partial charge in [-0.2, -0.15) is 5.10 Å². The molecule has 20 heavy (non-hydrogen) atoms. The molecule has 0 radical (unpaired) electrons. The molecular formula is C9H10N6O4S. The molecule has 0 unspecified atom stereocenters. The van der Waals surface area contributed by atoms with E-state index in [1.54, 1.807) is 0 Å². The van der Waals surface area contributed by atoms with Crippen LogP contribution in [0.3, 0.4) is 0 Å². The van der Waals surface area contributed by atoms with Crippen LogP contribution in [0.4, 0.5) is 11.4 Å². The number of nitrogen functional groups attached to an aromatic ring is 1. The van der Waals surface area contributed by atoms with Gasteiger partial charge in [0.1, 0.15) is 17.0 Å². The highest BCUT2D eigenvalue weighted by Gasteiger charge is 2.20. The van der Waals surface area contributed by atoms with Crippen LogP contribution in [0.15, 0.2) is 29.4 Å². The average molecular weight is 298 g/mol. The summed E-state index contributed by atoms with van der Waals surface area (Å²) >= 11 is 0. The Balaban J connectivity index is 2.23. The quantitative estimate of drug-likeness (QED) is 0.391. The van der Waals surface area contributed by atoms with E-state index in [1.807, 2.05) is 0 Å². The summed E-state index contributed by atoms with van der Waals surface area (Å²) in [6, 6.07) is 3.14. The number of nitrogens with zero attached hydrogens (tertiary/aromatic N) is 3. The number of nitrogens with two attached hydrogens (primary N) is 1. The Kier molecular flexibility index (Phi) is 3.63. The molecule has 0 aliphatic carbocycles. The zero-order chi connectivity index (χ0) is 14.8. The van der Waals surface area contributed by atoms with Crippen molar-refractivity contribution in [3.63, 3.8) is 0 Å². The minimum Gasteiger partial charge on any atom is -0.397 e. The Morgan fingerprint density at radius 1 is 1.45 bits per heavy atom. The zero-order valence-corrected chi connectivity index (χ0v) is 10.8. The third-order valence-electron chi connectivity index (χ3n) is 2.39. The fourth-order valence-corrected chi connectivity index (χ4v) is 2.55. The van der Waals surface area contributed by atoms with Gasteiger partial charge in [0.2, 0.25) is 10.0 Å². The first kappa shape index (κ1) is 13.9. The SMILES string of the molecule is Nc1cc([N+](=O)[O-])ccc1S(=O)(=O)NCc1ncn[nH]1. The fourth-order valence-electron chi connectivity index (χ4n) is 1.45. The largest absolute Gasteiger partial charge is 0.397 e. The molecule has 0 fully saturated rings. The molecule has 0 aliphatic rings. The molecule has 0 bridgehead atoms. The van der Waals surface area contributed by atoms with Gasteiger partial charge >= 0.3 is 0 Å². The zero-order valence-electron chi connectivity index (χ0n) is 9.98. The molecule has 1 aromatic carbocycles. The topological polar surface area (TPSA) is 157 Å². The predicted molar refractivity (Wildman–Crippen MR) is 67.9 cm³/mol. The maximum absolute atomic E-state index is 12.0. The van der Waals surface area contributed by atoms with Gasteiger partial charge in [-0.3, -0.25) is 15.2 Å². The van der Waals surface area contributed by atoms with Crippen LogP contribution in [0.25, 0.3) is 0 Å². The van der Waals surface area contributed by atoms with Crippen LogP contribution in [0.5, 0.6) is 0 Å². The van der Waals surface area contributed by atoms with Crippen LogP contribution in [0, 0.1) is 10.1 Å². The van der Waals surface area contributed by atoms with Gasteiger partial charge in [-0.05, 0) is 6.07 Å². The smallest absolute Gasteiger partial charge is 0.271 e. The highest BCUT2D eigenvalue weighted by atomic mass is 32.2. The number of anilines is 1. The number of aromatic amines is 1. The van der Waals surface area contributed by atoms with Crippen molar-refractivity contribution >= 4 is 21.4 Å². The normalized spacial score (nSPS) is 11.4. The van der Waals surface area contributed by atoms with E-state index in [1.165, 1.54) is 6.33 Å². The lowest BCUT2D eigenvalue weighted by Gasteiger charge is -2.07. The van der Waals surface area contributed by atoms with E-state index >= 15 is 0 Å². The summed E-state index contributed by atoms with van der Waals surface area (Å²) in [5.74, 6) is 0.328. The lowest BCUT2D eigenvalue weighted by atomic mass is 10.3. The van der Waals surface area contributed by atoms with Gasteiger partial charge in [-0.15, -0.1) is 0 Å². The van der Waals surface area contributed by atoms with Gasteiger partial charge in [0.15, 0.2) is 0 Å². The number of hydrogen-bond acceptors (Lipinski definition) is 7. The molecule has 4 N–H and O–H groups in total. The molecule has 106 valence electrons. The van der Waals surface area contributed by atoms with E-state index < -0.39 is 14.9 Å². The number of H-pyrrole nitrogens is 1. The second-order valence-corrected chi connectivity index (χ2v) is 5.47. The van der Waals surface area contributed by atoms with Crippen LogP contribution < -0.4 is 10.5 Å². The third kappa shape index (κ3) is 2.89. The lowest BCUT2D eigenvalue weighted by molar-refractivity contribution is -0.384. The minimum atomic E-state index is -3.89. The highest BCUT2D eigenvalue weighted by molar-refractivity contribution is 7.89. The Hall–Kier alpha value is -2.53. The van der Waals surface area contributed by atoms with Gasteiger partial charge in [0.05, 0.1) is 17.2 Å². The number of sulfonamides is 1. The van der Waals surface area contributed by atoms with E-state index in [9.17, 15) is 18.5 Å². The van der Waals surface area contributed by atoms with E-state index in [-0.39, 0.29) is 22.8 Å². The van der Waals surface area contributed by atoms with Crippen molar-refractivity contribution in [3.8, 4) is 0 Å². The standard InChI is InChI=1S/C9H10N6O4S/c10-7-3-6(15(16)17)1-2-8(7)20(18,19)13-4-9-11-5-12-14-9/h1-3,5,13H,4,10H2,(H,11,12,14). The molecule has 10 nitrogen and oxygen atoms in total. The number of benzene rings is 1. The predicted octanol–water partition coefficient (Wildman–Crippen LogP) is -0.226. The van der Waals surface area contributed by atoms with Gasteiger partial charge in [-0.25, -0.2) is 18.1 Å². The van der Waals surface area contributed by atoms with Crippen molar-refractivity contribution in [2.75, 3.05) is 5.73 Å².